The van der Waals surface area contributed by atoms with Gasteiger partial charge in [-0.2, -0.15) is 0 Å². The molecule has 0 aliphatic heterocycles. The van der Waals surface area contributed by atoms with Crippen LogP contribution in [0.25, 0.3) is 11.0 Å². The molecule has 0 unspecified atom stereocenters. The van der Waals surface area contributed by atoms with Crippen LogP contribution in [0.3, 0.4) is 0 Å². The van der Waals surface area contributed by atoms with Gasteiger partial charge in [-0.25, -0.2) is 4.79 Å². The van der Waals surface area contributed by atoms with E-state index in [0.717, 1.165) is 53.8 Å². The van der Waals surface area contributed by atoms with Crippen LogP contribution in [0.1, 0.15) is 50.6 Å². The Morgan fingerprint density at radius 2 is 1.87 bits per heavy atom. The number of benzene rings is 1. The van der Waals surface area contributed by atoms with E-state index in [4.69, 9.17) is 8.84 Å². The maximum absolute atomic E-state index is 12.2. The first-order valence-electron chi connectivity index (χ1n) is 10.8. The van der Waals surface area contributed by atoms with Crippen molar-refractivity contribution in [2.24, 2.45) is 0 Å². The Hall–Kier alpha value is -2.40. The van der Waals surface area contributed by atoms with Gasteiger partial charge in [0.05, 0.1) is 0 Å². The van der Waals surface area contributed by atoms with E-state index in [-0.39, 0.29) is 10.7 Å². The number of pyridine rings is 1. The number of rotatable bonds is 8. The van der Waals surface area contributed by atoms with E-state index in [2.05, 4.69) is 38.8 Å². The number of hydrogen-bond donors (Lipinski definition) is 0. The molecule has 0 saturated carbocycles. The molecule has 0 fully saturated rings. The Morgan fingerprint density at radius 3 is 2.57 bits per heavy atom. The summed E-state index contributed by atoms with van der Waals surface area (Å²) in [6.07, 6.45) is 3.79. The van der Waals surface area contributed by atoms with Crippen LogP contribution < -0.4 is 10.1 Å². The lowest BCUT2D eigenvalue weighted by Gasteiger charge is -2.39. The number of fused-ring (bicyclic) bond motifs is 1. The van der Waals surface area contributed by atoms with Gasteiger partial charge in [-0.1, -0.05) is 33.3 Å². The highest BCUT2D eigenvalue weighted by molar-refractivity contribution is 6.74. The predicted molar refractivity (Wildman–Crippen MR) is 126 cm³/mol. The summed E-state index contributed by atoms with van der Waals surface area (Å²) in [6, 6.07) is 13.5. The molecular formula is C25H33NO3Si. The van der Waals surface area contributed by atoms with E-state index in [0.29, 0.717) is 5.58 Å². The van der Waals surface area contributed by atoms with E-state index >= 15 is 0 Å². The summed E-state index contributed by atoms with van der Waals surface area (Å²) < 4.78 is 12.0. The van der Waals surface area contributed by atoms with Crippen molar-refractivity contribution in [1.82, 2.24) is 4.98 Å². The van der Waals surface area contributed by atoms with Crippen molar-refractivity contribution in [1.29, 1.82) is 0 Å². The van der Waals surface area contributed by atoms with Crippen molar-refractivity contribution in [3.63, 3.8) is 0 Å². The Bertz CT molecular complexity index is 1090. The minimum atomic E-state index is -2.00. The van der Waals surface area contributed by atoms with Gasteiger partial charge in [-0.15, -0.1) is 0 Å². The van der Waals surface area contributed by atoms with Gasteiger partial charge in [0.15, 0.2) is 0 Å². The average molecular weight is 424 g/mol. The highest BCUT2D eigenvalue weighted by Crippen LogP contribution is 2.42. The van der Waals surface area contributed by atoms with E-state index in [1.54, 1.807) is 6.07 Å². The fraction of sp³-hybridized carbons (Fsp3) is 0.440. The Kier molecular flexibility index (Phi) is 6.51. The van der Waals surface area contributed by atoms with Crippen LogP contribution in [-0.4, -0.2) is 13.3 Å². The van der Waals surface area contributed by atoms with Crippen LogP contribution >= 0.6 is 0 Å². The quantitative estimate of drug-likeness (QED) is 0.309. The lowest BCUT2D eigenvalue weighted by Crippen LogP contribution is -2.45. The first-order chi connectivity index (χ1) is 14.1. The fourth-order valence-corrected chi connectivity index (χ4v) is 5.69. The molecule has 3 aromatic rings. The van der Waals surface area contributed by atoms with Crippen LogP contribution in [0, 0.1) is 6.92 Å². The van der Waals surface area contributed by atoms with Gasteiger partial charge in [0.25, 0.3) is 8.32 Å². The van der Waals surface area contributed by atoms with Crippen LogP contribution in [0.4, 0.5) is 0 Å². The number of aryl methyl sites for hydroxylation is 3. The Balaban J connectivity index is 1.87. The molecule has 0 radical (unpaired) electrons. The number of aromatic nitrogens is 1. The smallest absolute Gasteiger partial charge is 0.336 e. The minimum Gasteiger partial charge on any atom is -0.543 e. The summed E-state index contributed by atoms with van der Waals surface area (Å²) >= 11 is 0. The first kappa shape index (κ1) is 22.3. The highest BCUT2D eigenvalue weighted by Gasteiger charge is 2.42. The van der Waals surface area contributed by atoms with Gasteiger partial charge in [0.1, 0.15) is 11.3 Å². The second kappa shape index (κ2) is 8.76. The maximum atomic E-state index is 12.2. The summed E-state index contributed by atoms with van der Waals surface area (Å²) in [5, 5.41) is 1.11. The third-order valence-electron chi connectivity index (χ3n) is 6.28. The topological polar surface area (TPSA) is 52.3 Å². The molecule has 5 heteroatoms. The lowest BCUT2D eigenvalue weighted by molar-refractivity contribution is 0.453. The molecule has 3 rings (SSSR count). The largest absolute Gasteiger partial charge is 0.543 e. The number of nitrogens with zero attached hydrogens (tertiary/aromatic N) is 1. The first-order valence-corrected chi connectivity index (χ1v) is 13.7. The van der Waals surface area contributed by atoms with Crippen molar-refractivity contribution in [2.75, 3.05) is 0 Å². The molecule has 2 heterocycles. The fourth-order valence-electron chi connectivity index (χ4n) is 3.84. The van der Waals surface area contributed by atoms with E-state index < -0.39 is 8.32 Å². The normalized spacial score (nSPS) is 12.3. The Labute approximate surface area is 180 Å². The zero-order valence-corrected chi connectivity index (χ0v) is 20.0. The molecule has 0 aliphatic rings. The van der Waals surface area contributed by atoms with Gasteiger partial charge in [0.2, 0.25) is 0 Å². The molecule has 30 heavy (non-hydrogen) atoms. The molecule has 0 N–H and O–H groups in total. The maximum Gasteiger partial charge on any atom is 0.336 e. The van der Waals surface area contributed by atoms with Gasteiger partial charge >= 0.3 is 5.63 Å². The van der Waals surface area contributed by atoms with Gasteiger partial charge in [-0.3, -0.25) is 4.98 Å². The molecule has 0 spiro atoms. The van der Waals surface area contributed by atoms with Crippen molar-refractivity contribution in [3.8, 4) is 5.75 Å². The van der Waals surface area contributed by atoms with Crippen molar-refractivity contribution < 1.29 is 8.84 Å². The van der Waals surface area contributed by atoms with Crippen LogP contribution in [0.5, 0.6) is 5.75 Å². The predicted octanol–water partition coefficient (Wildman–Crippen LogP) is 6.45. The van der Waals surface area contributed by atoms with Crippen molar-refractivity contribution >= 4 is 19.3 Å². The SMILES string of the molecule is CCCC(C)(C)[Si](C)(C)Oc1ccc2c(CCc3cccc(C)n3)cc(=O)oc2c1. The Morgan fingerprint density at radius 1 is 1.10 bits per heavy atom. The number of hydrogen-bond acceptors (Lipinski definition) is 4. The third kappa shape index (κ3) is 5.01. The third-order valence-corrected chi connectivity index (χ3v) is 10.5. The van der Waals surface area contributed by atoms with E-state index in [1.165, 1.54) is 0 Å². The van der Waals surface area contributed by atoms with Crippen molar-refractivity contribution in [3.05, 3.63) is 69.8 Å². The molecule has 0 atom stereocenters. The van der Waals surface area contributed by atoms with E-state index in [1.807, 2.05) is 43.3 Å². The zero-order valence-electron chi connectivity index (χ0n) is 19.0. The zero-order chi connectivity index (χ0) is 21.9. The standard InChI is InChI=1S/C25H33NO3Si/c1-7-15-25(3,4)30(5,6)29-21-13-14-22-19(16-24(27)28-23(22)17-21)11-12-20-10-8-9-18(2)26-20/h8-10,13-14,16-17H,7,11-12,15H2,1-6H3. The van der Waals surface area contributed by atoms with Gasteiger partial charge < -0.3 is 8.84 Å². The second-order valence-corrected chi connectivity index (χ2v) is 13.8. The second-order valence-electron chi connectivity index (χ2n) is 9.27. The van der Waals surface area contributed by atoms with Gasteiger partial charge in [0, 0.05) is 28.9 Å². The summed E-state index contributed by atoms with van der Waals surface area (Å²) in [5.74, 6) is 0.781. The monoisotopic (exact) mass is 423 g/mol. The molecule has 4 nitrogen and oxygen atoms in total. The summed E-state index contributed by atoms with van der Waals surface area (Å²) in [6.45, 7) is 13.3. The molecule has 2 aromatic heterocycles. The van der Waals surface area contributed by atoms with Gasteiger partial charge in [-0.05, 0) is 74.1 Å². The van der Waals surface area contributed by atoms with Crippen LogP contribution in [0.2, 0.25) is 18.1 Å². The molecular weight excluding hydrogens is 390 g/mol. The van der Waals surface area contributed by atoms with Crippen molar-refractivity contribution in [2.45, 2.75) is 71.5 Å². The van der Waals surface area contributed by atoms with E-state index in [9.17, 15) is 4.79 Å². The molecule has 0 saturated heterocycles. The lowest BCUT2D eigenvalue weighted by atomic mass is 10.0. The summed E-state index contributed by atoms with van der Waals surface area (Å²) in [5.41, 5.74) is 3.28. The molecule has 160 valence electrons. The molecule has 0 amide bonds. The molecule has 0 aliphatic carbocycles. The molecule has 0 bridgehead atoms. The minimum absolute atomic E-state index is 0.153. The summed E-state index contributed by atoms with van der Waals surface area (Å²) in [7, 11) is -2.00. The highest BCUT2D eigenvalue weighted by atomic mass is 28.4. The van der Waals surface area contributed by atoms with Crippen LogP contribution in [0.15, 0.2) is 51.7 Å². The van der Waals surface area contributed by atoms with Crippen LogP contribution in [-0.2, 0) is 12.8 Å². The molecule has 1 aromatic carbocycles. The summed E-state index contributed by atoms with van der Waals surface area (Å²) in [4.78, 5) is 16.8. The average Bonchev–Trinajstić information content (AvgIpc) is 2.65.